The molecule has 0 spiro atoms. The van der Waals surface area contributed by atoms with Crippen LogP contribution in [0.5, 0.6) is 0 Å². The number of aliphatic hydroxyl groups is 1. The van der Waals surface area contributed by atoms with Crippen LogP contribution in [0, 0.1) is 5.92 Å². The third-order valence-corrected chi connectivity index (χ3v) is 6.03. The maximum atomic E-state index is 11.6. The van der Waals surface area contributed by atoms with E-state index >= 15 is 0 Å². The molecule has 2 unspecified atom stereocenters. The number of amides is 1. The number of nitrogens with zero attached hydrogens (tertiary/aromatic N) is 1. The Balaban J connectivity index is 1.86. The van der Waals surface area contributed by atoms with Crippen LogP contribution in [-0.4, -0.2) is 38.0 Å². The smallest absolute Gasteiger partial charge is 0.231 e. The maximum Gasteiger partial charge on any atom is 0.231 e. The van der Waals surface area contributed by atoms with Crippen molar-refractivity contribution >= 4 is 21.4 Å². The second kappa shape index (κ2) is 4.56. The fourth-order valence-electron chi connectivity index (χ4n) is 3.02. The lowest BCUT2D eigenvalue weighted by Crippen LogP contribution is -2.20. The van der Waals surface area contributed by atoms with E-state index < -0.39 is 15.9 Å². The summed E-state index contributed by atoms with van der Waals surface area (Å²) in [5.41, 5.74) is 2.47. The van der Waals surface area contributed by atoms with Crippen molar-refractivity contribution in [2.45, 2.75) is 18.9 Å². The molecule has 3 rings (SSSR count). The van der Waals surface area contributed by atoms with E-state index in [0.29, 0.717) is 18.4 Å². The summed E-state index contributed by atoms with van der Waals surface area (Å²) in [5.74, 6) is -0.00620. The first-order chi connectivity index (χ1) is 9.37. The largest absolute Gasteiger partial charge is 0.388 e. The molecule has 0 aromatic heterocycles. The van der Waals surface area contributed by atoms with E-state index in [2.05, 4.69) is 0 Å². The standard InChI is InChI=1S/C14H17NO4S/c1-15-12-3-2-9(6-11(12)7-13(15)16)14(17)10-4-5-20(18,19)8-10/h2-3,6,10,14,17H,4-5,7-8H2,1H3. The van der Waals surface area contributed by atoms with Gasteiger partial charge < -0.3 is 10.0 Å². The van der Waals surface area contributed by atoms with Gasteiger partial charge in [0.05, 0.1) is 24.0 Å². The molecule has 2 heterocycles. The molecule has 0 saturated carbocycles. The van der Waals surface area contributed by atoms with Crippen LogP contribution in [0.15, 0.2) is 18.2 Å². The average molecular weight is 295 g/mol. The number of fused-ring (bicyclic) bond motifs is 1. The summed E-state index contributed by atoms with van der Waals surface area (Å²) in [5, 5.41) is 10.4. The van der Waals surface area contributed by atoms with E-state index in [-0.39, 0.29) is 23.3 Å². The quantitative estimate of drug-likeness (QED) is 0.870. The second-order valence-corrected chi connectivity index (χ2v) is 7.85. The van der Waals surface area contributed by atoms with Crippen LogP contribution < -0.4 is 4.90 Å². The third kappa shape index (κ3) is 2.23. The molecule has 6 heteroatoms. The summed E-state index contributed by atoms with van der Waals surface area (Å²) < 4.78 is 23.0. The zero-order valence-corrected chi connectivity index (χ0v) is 12.1. The van der Waals surface area contributed by atoms with E-state index in [1.165, 1.54) is 0 Å². The Labute approximate surface area is 118 Å². The van der Waals surface area contributed by atoms with Gasteiger partial charge in [-0.2, -0.15) is 0 Å². The first-order valence-electron chi connectivity index (χ1n) is 6.65. The lowest BCUT2D eigenvalue weighted by molar-refractivity contribution is -0.117. The van der Waals surface area contributed by atoms with Crippen LogP contribution >= 0.6 is 0 Å². The van der Waals surface area contributed by atoms with Crippen molar-refractivity contribution in [3.8, 4) is 0 Å². The van der Waals surface area contributed by atoms with Crippen molar-refractivity contribution in [1.82, 2.24) is 0 Å². The number of hydrogen-bond acceptors (Lipinski definition) is 4. The highest BCUT2D eigenvalue weighted by Crippen LogP contribution is 2.35. The molecule has 1 amide bonds. The van der Waals surface area contributed by atoms with E-state index in [1.807, 2.05) is 12.1 Å². The fraction of sp³-hybridized carbons (Fsp3) is 0.500. The Morgan fingerprint density at radius 3 is 2.80 bits per heavy atom. The van der Waals surface area contributed by atoms with Crippen LogP contribution in [-0.2, 0) is 21.1 Å². The van der Waals surface area contributed by atoms with Crippen molar-refractivity contribution < 1.29 is 18.3 Å². The van der Waals surface area contributed by atoms with Gasteiger partial charge >= 0.3 is 0 Å². The molecule has 1 aromatic rings. The van der Waals surface area contributed by atoms with Gasteiger partial charge in [0.25, 0.3) is 0 Å². The Morgan fingerprint density at radius 1 is 1.40 bits per heavy atom. The number of carbonyl (C=O) groups excluding carboxylic acids is 1. The average Bonchev–Trinajstić information content (AvgIpc) is 2.89. The number of aliphatic hydroxyl groups excluding tert-OH is 1. The zero-order valence-electron chi connectivity index (χ0n) is 11.2. The number of carbonyl (C=O) groups is 1. The first-order valence-corrected chi connectivity index (χ1v) is 8.47. The zero-order chi connectivity index (χ0) is 14.5. The highest BCUT2D eigenvalue weighted by atomic mass is 32.2. The maximum absolute atomic E-state index is 11.6. The Bertz CT molecular complexity index is 668. The predicted molar refractivity (Wildman–Crippen MR) is 75.3 cm³/mol. The van der Waals surface area contributed by atoms with Crippen LogP contribution in [0.1, 0.15) is 23.7 Å². The molecule has 108 valence electrons. The van der Waals surface area contributed by atoms with Crippen molar-refractivity contribution in [3.05, 3.63) is 29.3 Å². The molecule has 20 heavy (non-hydrogen) atoms. The Kier molecular flexibility index (Phi) is 3.10. The lowest BCUT2D eigenvalue weighted by atomic mass is 9.94. The molecule has 0 aliphatic carbocycles. The van der Waals surface area contributed by atoms with Crippen molar-refractivity contribution in [3.63, 3.8) is 0 Å². The molecule has 0 radical (unpaired) electrons. The fourth-order valence-corrected chi connectivity index (χ4v) is 4.85. The summed E-state index contributed by atoms with van der Waals surface area (Å²) in [4.78, 5) is 13.2. The van der Waals surface area contributed by atoms with Crippen LogP contribution in [0.4, 0.5) is 5.69 Å². The van der Waals surface area contributed by atoms with E-state index in [0.717, 1.165) is 11.3 Å². The number of rotatable bonds is 2. The number of anilines is 1. The summed E-state index contributed by atoms with van der Waals surface area (Å²) in [7, 11) is -1.27. The molecule has 0 bridgehead atoms. The van der Waals surface area contributed by atoms with Gasteiger partial charge in [-0.3, -0.25) is 4.79 Å². The molecule has 2 atom stereocenters. The van der Waals surface area contributed by atoms with Gasteiger partial charge in [-0.05, 0) is 23.6 Å². The Morgan fingerprint density at radius 2 is 2.15 bits per heavy atom. The molecule has 5 nitrogen and oxygen atoms in total. The molecule has 1 saturated heterocycles. The minimum absolute atomic E-state index is 0.0371. The number of likely N-dealkylation sites (N-methyl/N-ethyl adjacent to an activating group) is 1. The van der Waals surface area contributed by atoms with E-state index in [9.17, 15) is 18.3 Å². The number of hydrogen-bond donors (Lipinski definition) is 1. The molecule has 1 N–H and O–H groups in total. The van der Waals surface area contributed by atoms with Gasteiger partial charge in [-0.1, -0.05) is 12.1 Å². The van der Waals surface area contributed by atoms with Crippen molar-refractivity contribution in [1.29, 1.82) is 0 Å². The number of sulfone groups is 1. The third-order valence-electron chi connectivity index (χ3n) is 4.24. The van der Waals surface area contributed by atoms with Crippen LogP contribution in [0.3, 0.4) is 0 Å². The van der Waals surface area contributed by atoms with E-state index in [4.69, 9.17) is 0 Å². The van der Waals surface area contributed by atoms with Gasteiger partial charge in [-0.25, -0.2) is 8.42 Å². The lowest BCUT2D eigenvalue weighted by Gasteiger charge is -2.18. The minimum Gasteiger partial charge on any atom is -0.388 e. The minimum atomic E-state index is -3.00. The number of benzene rings is 1. The summed E-state index contributed by atoms with van der Waals surface area (Å²) in [6.45, 7) is 0. The second-order valence-electron chi connectivity index (χ2n) is 5.63. The first kappa shape index (κ1) is 13.6. The summed E-state index contributed by atoms with van der Waals surface area (Å²) in [6.07, 6.45) is 0.0630. The van der Waals surface area contributed by atoms with Crippen molar-refractivity contribution in [2.24, 2.45) is 5.92 Å². The van der Waals surface area contributed by atoms with Crippen molar-refractivity contribution in [2.75, 3.05) is 23.5 Å². The van der Waals surface area contributed by atoms with Gasteiger partial charge in [0.2, 0.25) is 5.91 Å². The van der Waals surface area contributed by atoms with Gasteiger partial charge in [0.1, 0.15) is 0 Å². The molecular weight excluding hydrogens is 278 g/mol. The molecule has 1 aromatic carbocycles. The van der Waals surface area contributed by atoms with Gasteiger partial charge in [0.15, 0.2) is 9.84 Å². The van der Waals surface area contributed by atoms with E-state index in [1.54, 1.807) is 18.0 Å². The van der Waals surface area contributed by atoms with Gasteiger partial charge in [0, 0.05) is 18.7 Å². The van der Waals surface area contributed by atoms with Crippen LogP contribution in [0.2, 0.25) is 0 Å². The predicted octanol–water partition coefficient (Wildman–Crippen LogP) is 0.674. The monoisotopic (exact) mass is 295 g/mol. The molecule has 2 aliphatic heterocycles. The highest BCUT2D eigenvalue weighted by Gasteiger charge is 2.34. The summed E-state index contributed by atoms with van der Waals surface area (Å²) in [6, 6.07) is 5.43. The van der Waals surface area contributed by atoms with Gasteiger partial charge in [-0.15, -0.1) is 0 Å². The van der Waals surface area contributed by atoms with Crippen LogP contribution in [0.25, 0.3) is 0 Å². The normalized spacial score (nSPS) is 25.8. The molecule has 2 aliphatic rings. The molecule has 1 fully saturated rings. The summed E-state index contributed by atoms with van der Waals surface area (Å²) >= 11 is 0. The SMILES string of the molecule is CN1C(=O)Cc2cc(C(O)C3CCS(=O)(=O)C3)ccc21. The Hall–Kier alpha value is -1.40. The topological polar surface area (TPSA) is 74.7 Å². The molecular formula is C14H17NO4S. The highest BCUT2D eigenvalue weighted by molar-refractivity contribution is 7.91.